The molecule has 6 rings (SSSR count). The van der Waals surface area contributed by atoms with Gasteiger partial charge >= 0.3 is 0 Å². The normalized spacial score (nSPS) is 11.5. The Hall–Kier alpha value is -4.17. The van der Waals surface area contributed by atoms with E-state index in [9.17, 15) is 0 Å². The largest absolute Gasteiger partial charge is 0.247 e. The number of aryl methyl sites for hydroxylation is 3. The lowest BCUT2D eigenvalue weighted by atomic mass is 10.0. The highest BCUT2D eigenvalue weighted by Crippen LogP contribution is 2.19. The molecule has 0 atom stereocenters. The summed E-state index contributed by atoms with van der Waals surface area (Å²) in [5, 5.41) is 3.68. The molecule has 0 radical (unpaired) electrons. The smallest absolute Gasteiger partial charge is 0.149 e. The summed E-state index contributed by atoms with van der Waals surface area (Å²) in [6.45, 7) is 6.47. The summed E-state index contributed by atoms with van der Waals surface area (Å²) >= 11 is 8.15. The number of benzene rings is 6. The number of halogens is 1. The Morgan fingerprint density at radius 1 is 0.364 bits per heavy atom. The van der Waals surface area contributed by atoms with Crippen molar-refractivity contribution in [2.45, 2.75) is 40.0 Å². The topological polar surface area (TPSA) is 0 Å². The second-order valence-electron chi connectivity index (χ2n) is 12.3. The van der Waals surface area contributed by atoms with E-state index in [0.29, 0.717) is 0 Å². The monoisotopic (exact) mass is 606 g/mol. The van der Waals surface area contributed by atoms with Crippen LogP contribution in [0.15, 0.2) is 146 Å². The van der Waals surface area contributed by atoms with Crippen LogP contribution in [0.5, 0.6) is 0 Å². The van der Waals surface area contributed by atoms with Crippen molar-refractivity contribution in [3.05, 3.63) is 196 Å². The molecular weight excluding hydrogens is 568 g/mol. The summed E-state index contributed by atoms with van der Waals surface area (Å²) in [6, 6.07) is 53.5. The zero-order valence-corrected chi connectivity index (χ0v) is 27.6. The third-order valence-corrected chi connectivity index (χ3v) is 13.7. The molecule has 0 saturated carbocycles. The molecule has 6 aromatic carbocycles. The predicted octanol–water partition coefficient (Wildman–Crippen LogP) is 8.59. The van der Waals surface area contributed by atoms with E-state index < -0.39 is 7.38 Å². The van der Waals surface area contributed by atoms with Gasteiger partial charge in [0.15, 0.2) is 0 Å². The molecule has 0 bridgehead atoms. The van der Waals surface area contributed by atoms with Crippen LogP contribution >= 0.6 is 11.1 Å². The molecule has 0 aliphatic heterocycles. The van der Waals surface area contributed by atoms with Crippen molar-refractivity contribution in [2.24, 2.45) is 0 Å². The van der Waals surface area contributed by atoms with Gasteiger partial charge in [-0.3, -0.25) is 0 Å². The lowest BCUT2D eigenvalue weighted by Gasteiger charge is -2.28. The van der Waals surface area contributed by atoms with Gasteiger partial charge in [0.2, 0.25) is 7.38 Å². The highest BCUT2D eigenvalue weighted by Gasteiger charge is 2.38. The van der Waals surface area contributed by atoms with Crippen molar-refractivity contribution in [2.75, 3.05) is 0 Å². The van der Waals surface area contributed by atoms with E-state index in [0.717, 1.165) is 19.3 Å². The molecule has 0 fully saturated rings. The first-order valence-electron chi connectivity index (χ1n) is 15.5. The van der Waals surface area contributed by atoms with Gasteiger partial charge in [-0.2, -0.15) is 0 Å². The predicted molar refractivity (Wildman–Crippen MR) is 192 cm³/mol. The summed E-state index contributed by atoms with van der Waals surface area (Å²) in [6.07, 6.45) is 2.66. The van der Waals surface area contributed by atoms with Crippen molar-refractivity contribution in [1.29, 1.82) is 0 Å². The number of hydrogen-bond donors (Lipinski definition) is 0. The van der Waals surface area contributed by atoms with E-state index in [1.54, 1.807) is 0 Å². The van der Waals surface area contributed by atoms with E-state index in [1.165, 1.54) is 65.6 Å². The summed E-state index contributed by atoms with van der Waals surface area (Å²) in [5.74, 6) is 0. The fourth-order valence-electron chi connectivity index (χ4n) is 6.36. The Labute approximate surface area is 268 Å². The van der Waals surface area contributed by atoms with Gasteiger partial charge < -0.3 is 0 Å². The summed E-state index contributed by atoms with van der Waals surface area (Å²) < 4.78 is 0. The summed E-state index contributed by atoms with van der Waals surface area (Å²) in [5.41, 5.74) is 11.7. The van der Waals surface area contributed by atoms with Gasteiger partial charge in [-0.15, -0.1) is 11.1 Å². The van der Waals surface area contributed by atoms with Gasteiger partial charge in [-0.1, -0.05) is 162 Å². The van der Waals surface area contributed by atoms with Crippen molar-refractivity contribution >= 4 is 34.0 Å². The first kappa shape index (κ1) is 29.9. The fraction of sp³-hybridized carbons (Fsp3) is 0.143. The van der Waals surface area contributed by atoms with Gasteiger partial charge in [-0.05, 0) is 89.0 Å². The molecule has 44 heavy (non-hydrogen) atoms. The molecule has 0 heterocycles. The summed E-state index contributed by atoms with van der Waals surface area (Å²) in [7, 11) is -2.88. The van der Waals surface area contributed by atoms with Crippen LogP contribution in [0, 0.1) is 20.8 Å². The maximum Gasteiger partial charge on any atom is 0.247 e. The maximum atomic E-state index is 8.15. The van der Waals surface area contributed by atoms with E-state index >= 15 is 0 Å². The third kappa shape index (κ3) is 6.96. The van der Waals surface area contributed by atoms with Crippen LogP contribution in [0.2, 0.25) is 0 Å². The molecule has 0 unspecified atom stereocenters. The zero-order valence-electron chi connectivity index (χ0n) is 25.9. The zero-order chi connectivity index (χ0) is 30.5. The average molecular weight is 607 g/mol. The van der Waals surface area contributed by atoms with Crippen LogP contribution in [0.1, 0.15) is 50.1 Å². The van der Waals surface area contributed by atoms with Crippen LogP contribution in [-0.2, 0) is 19.3 Å². The van der Waals surface area contributed by atoms with Crippen LogP contribution in [0.3, 0.4) is 0 Å². The average Bonchev–Trinajstić information content (AvgIpc) is 3.01. The minimum atomic E-state index is -2.88. The molecule has 2 heteroatoms. The van der Waals surface area contributed by atoms with Gasteiger partial charge in [0, 0.05) is 0 Å². The van der Waals surface area contributed by atoms with Gasteiger partial charge in [0.05, 0.1) is 0 Å². The maximum absolute atomic E-state index is 8.15. The minimum Gasteiger partial charge on any atom is -0.149 e. The molecule has 6 aromatic rings. The Kier molecular flexibility index (Phi) is 8.98. The molecule has 0 saturated heterocycles. The Bertz CT molecular complexity index is 1680. The number of hydrogen-bond acceptors (Lipinski definition) is 0. The minimum absolute atomic E-state index is 0.887. The lowest BCUT2D eigenvalue weighted by Crippen LogP contribution is -2.63. The van der Waals surface area contributed by atoms with Crippen molar-refractivity contribution < 1.29 is 0 Å². The molecule has 0 aliphatic rings. The highest BCUT2D eigenvalue weighted by atomic mass is 35.6. The Morgan fingerprint density at radius 3 is 0.886 bits per heavy atom. The van der Waals surface area contributed by atoms with E-state index in [4.69, 9.17) is 11.1 Å². The van der Waals surface area contributed by atoms with E-state index in [2.05, 4.69) is 166 Å². The summed E-state index contributed by atoms with van der Waals surface area (Å²) in [4.78, 5) is 0. The molecule has 0 nitrogen and oxygen atoms in total. The van der Waals surface area contributed by atoms with Crippen LogP contribution < -0.4 is 15.6 Å². The van der Waals surface area contributed by atoms with Gasteiger partial charge in [0.25, 0.3) is 0 Å². The Balaban J connectivity index is 1.43. The molecule has 0 spiro atoms. The lowest BCUT2D eigenvalue weighted by molar-refractivity contribution is 1.18. The molecule has 218 valence electrons. The third-order valence-electron chi connectivity index (χ3n) is 8.45. The van der Waals surface area contributed by atoms with Gasteiger partial charge in [-0.25, -0.2) is 0 Å². The standard InChI is InChI=1S/C42H39ClSi/c1-31-10-4-13-34(22-31)25-37-16-7-19-40(28-37)44(43,41-20-8-17-38(29-41)26-35-14-5-11-32(2)23-35)42-21-9-18-39(30-42)27-36-15-6-12-33(3)24-36/h4-24,28-30H,25-27H2,1-3H3. The quantitative estimate of drug-likeness (QED) is 0.0878. The molecule has 0 amide bonds. The Morgan fingerprint density at radius 2 is 0.614 bits per heavy atom. The van der Waals surface area contributed by atoms with Gasteiger partial charge in [0.1, 0.15) is 0 Å². The second-order valence-corrected chi connectivity index (χ2v) is 17.0. The van der Waals surface area contributed by atoms with Crippen LogP contribution in [-0.4, -0.2) is 7.38 Å². The first-order chi connectivity index (χ1) is 21.3. The van der Waals surface area contributed by atoms with Crippen LogP contribution in [0.25, 0.3) is 0 Å². The van der Waals surface area contributed by atoms with Crippen molar-refractivity contribution in [1.82, 2.24) is 0 Å². The van der Waals surface area contributed by atoms with Crippen molar-refractivity contribution in [3.8, 4) is 0 Å². The fourth-order valence-corrected chi connectivity index (χ4v) is 10.5. The number of rotatable bonds is 9. The van der Waals surface area contributed by atoms with Crippen molar-refractivity contribution in [3.63, 3.8) is 0 Å². The SMILES string of the molecule is Cc1cccc(Cc2cccc([Si](Cl)(c3cccc(Cc4cccc(C)c4)c3)c3cccc(Cc4cccc(C)c4)c3)c2)c1. The van der Waals surface area contributed by atoms with E-state index in [-0.39, 0.29) is 0 Å². The molecular formula is C42H39ClSi. The molecule has 0 N–H and O–H groups in total. The molecule has 0 aromatic heterocycles. The van der Waals surface area contributed by atoms with Crippen LogP contribution in [0.4, 0.5) is 0 Å². The molecule has 0 aliphatic carbocycles. The second kappa shape index (κ2) is 13.2. The first-order valence-corrected chi connectivity index (χ1v) is 18.5. The van der Waals surface area contributed by atoms with E-state index in [1.807, 2.05) is 0 Å². The highest BCUT2D eigenvalue weighted by molar-refractivity contribution is 7.40.